The Labute approximate surface area is 127 Å². The van der Waals surface area contributed by atoms with E-state index in [4.69, 9.17) is 16.3 Å². The maximum atomic E-state index is 11.8. The molecule has 2 rings (SSSR count). The lowest BCUT2D eigenvalue weighted by atomic mass is 10.3. The van der Waals surface area contributed by atoms with E-state index >= 15 is 0 Å². The second-order valence-corrected chi connectivity index (χ2v) is 4.67. The molecule has 5 nitrogen and oxygen atoms in total. The number of nitrogens with zero attached hydrogens (tertiary/aromatic N) is 2. The SMILES string of the molecule is C[C@@H](Oc1ccc(Cl)cc1)C(=O)NN=Cc1cccnc1. The number of rotatable bonds is 5. The molecule has 108 valence electrons. The number of hydrazone groups is 1. The van der Waals surface area contributed by atoms with Crippen LogP contribution in [0.2, 0.25) is 5.02 Å². The zero-order valence-corrected chi connectivity index (χ0v) is 12.1. The number of carbonyl (C=O) groups excluding carboxylic acids is 1. The normalized spacial score (nSPS) is 12.1. The second-order valence-electron chi connectivity index (χ2n) is 4.23. The van der Waals surface area contributed by atoms with Gasteiger partial charge in [0.25, 0.3) is 5.91 Å². The predicted molar refractivity (Wildman–Crippen MR) is 81.5 cm³/mol. The standard InChI is InChI=1S/C15H14ClN3O2/c1-11(21-14-6-4-13(16)5-7-14)15(20)19-18-10-12-3-2-8-17-9-12/h2-11H,1H3,(H,19,20)/t11-/m1/s1. The summed E-state index contributed by atoms with van der Waals surface area (Å²) in [5.74, 6) is 0.225. The maximum absolute atomic E-state index is 11.8. The molecule has 0 fully saturated rings. The average Bonchev–Trinajstić information content (AvgIpc) is 2.50. The number of amides is 1. The van der Waals surface area contributed by atoms with Gasteiger partial charge in [-0.2, -0.15) is 5.10 Å². The molecular formula is C15H14ClN3O2. The highest BCUT2D eigenvalue weighted by molar-refractivity contribution is 6.30. The van der Waals surface area contributed by atoms with Crippen LogP contribution < -0.4 is 10.2 Å². The highest BCUT2D eigenvalue weighted by Gasteiger charge is 2.13. The van der Waals surface area contributed by atoms with Crippen LogP contribution in [-0.4, -0.2) is 23.2 Å². The highest BCUT2D eigenvalue weighted by atomic mass is 35.5. The number of hydrogen-bond donors (Lipinski definition) is 1. The Kier molecular flexibility index (Phi) is 5.29. The number of ether oxygens (including phenoxy) is 1. The van der Waals surface area contributed by atoms with Crippen LogP contribution >= 0.6 is 11.6 Å². The summed E-state index contributed by atoms with van der Waals surface area (Å²) in [5.41, 5.74) is 3.21. The summed E-state index contributed by atoms with van der Waals surface area (Å²) in [6.45, 7) is 1.64. The van der Waals surface area contributed by atoms with E-state index in [1.54, 1.807) is 49.6 Å². The van der Waals surface area contributed by atoms with Gasteiger partial charge in [0, 0.05) is 23.0 Å². The molecule has 1 aromatic carbocycles. The Morgan fingerprint density at radius 3 is 2.81 bits per heavy atom. The third-order valence-electron chi connectivity index (χ3n) is 2.57. The van der Waals surface area contributed by atoms with Crippen molar-refractivity contribution in [3.63, 3.8) is 0 Å². The first-order valence-corrected chi connectivity index (χ1v) is 6.68. The van der Waals surface area contributed by atoms with Gasteiger partial charge in [-0.3, -0.25) is 9.78 Å². The monoisotopic (exact) mass is 303 g/mol. The lowest BCUT2D eigenvalue weighted by molar-refractivity contribution is -0.127. The van der Waals surface area contributed by atoms with Crippen molar-refractivity contribution in [1.82, 2.24) is 10.4 Å². The molecule has 1 aromatic heterocycles. The molecule has 0 radical (unpaired) electrons. The van der Waals surface area contributed by atoms with Gasteiger partial charge in [-0.15, -0.1) is 0 Å². The van der Waals surface area contributed by atoms with Crippen LogP contribution in [0.25, 0.3) is 0 Å². The lowest BCUT2D eigenvalue weighted by Gasteiger charge is -2.12. The number of nitrogens with one attached hydrogen (secondary N) is 1. The fourth-order valence-electron chi connectivity index (χ4n) is 1.48. The number of hydrogen-bond acceptors (Lipinski definition) is 4. The zero-order chi connectivity index (χ0) is 15.1. The van der Waals surface area contributed by atoms with E-state index < -0.39 is 6.10 Å². The summed E-state index contributed by atoms with van der Waals surface area (Å²) < 4.78 is 5.48. The van der Waals surface area contributed by atoms with E-state index in [1.165, 1.54) is 6.21 Å². The largest absolute Gasteiger partial charge is 0.481 e. The molecule has 21 heavy (non-hydrogen) atoms. The van der Waals surface area contributed by atoms with Crippen molar-refractivity contribution in [3.05, 3.63) is 59.4 Å². The van der Waals surface area contributed by atoms with Crippen molar-refractivity contribution in [3.8, 4) is 5.75 Å². The first-order chi connectivity index (χ1) is 10.1. The van der Waals surface area contributed by atoms with Gasteiger partial charge in [0.1, 0.15) is 5.75 Å². The Bertz CT molecular complexity index is 615. The fraction of sp³-hybridized carbons (Fsp3) is 0.133. The van der Waals surface area contributed by atoms with Gasteiger partial charge in [0.2, 0.25) is 0 Å². The van der Waals surface area contributed by atoms with Gasteiger partial charge in [-0.05, 0) is 37.3 Å². The average molecular weight is 304 g/mol. The Hall–Kier alpha value is -2.40. The molecule has 1 N–H and O–H groups in total. The summed E-state index contributed by atoms with van der Waals surface area (Å²) in [6, 6.07) is 10.4. The Balaban J connectivity index is 1.85. The maximum Gasteiger partial charge on any atom is 0.280 e. The van der Waals surface area contributed by atoms with Crippen LogP contribution in [0.1, 0.15) is 12.5 Å². The van der Waals surface area contributed by atoms with Crippen molar-refractivity contribution >= 4 is 23.7 Å². The van der Waals surface area contributed by atoms with Crippen LogP contribution in [0.5, 0.6) is 5.75 Å². The molecule has 1 amide bonds. The summed E-state index contributed by atoms with van der Waals surface area (Å²) in [5, 5.41) is 4.46. The summed E-state index contributed by atoms with van der Waals surface area (Å²) in [4.78, 5) is 15.8. The van der Waals surface area contributed by atoms with Crippen LogP contribution in [0.15, 0.2) is 53.9 Å². The quantitative estimate of drug-likeness (QED) is 0.682. The number of halogens is 1. The number of aromatic nitrogens is 1. The minimum atomic E-state index is -0.669. The van der Waals surface area contributed by atoms with Crippen molar-refractivity contribution < 1.29 is 9.53 Å². The van der Waals surface area contributed by atoms with Crippen LogP contribution in [0.4, 0.5) is 0 Å². The molecule has 0 aliphatic rings. The molecular weight excluding hydrogens is 290 g/mol. The molecule has 0 spiro atoms. The minimum absolute atomic E-state index is 0.343. The van der Waals surface area contributed by atoms with Crippen LogP contribution in [-0.2, 0) is 4.79 Å². The first-order valence-electron chi connectivity index (χ1n) is 6.30. The molecule has 0 saturated carbocycles. The molecule has 0 aliphatic carbocycles. The Morgan fingerprint density at radius 1 is 1.38 bits per heavy atom. The van der Waals surface area contributed by atoms with Crippen molar-refractivity contribution in [2.45, 2.75) is 13.0 Å². The van der Waals surface area contributed by atoms with E-state index in [9.17, 15) is 4.79 Å². The molecule has 6 heteroatoms. The predicted octanol–water partition coefficient (Wildman–Crippen LogP) is 2.65. The van der Waals surface area contributed by atoms with Gasteiger partial charge >= 0.3 is 0 Å². The van der Waals surface area contributed by atoms with E-state index in [0.29, 0.717) is 10.8 Å². The molecule has 0 saturated heterocycles. The molecule has 0 bridgehead atoms. The number of pyridine rings is 1. The molecule has 1 atom stereocenters. The van der Waals surface area contributed by atoms with Gasteiger partial charge in [0.05, 0.1) is 6.21 Å². The third kappa shape index (κ3) is 4.89. The van der Waals surface area contributed by atoms with Crippen molar-refractivity contribution in [2.75, 3.05) is 0 Å². The van der Waals surface area contributed by atoms with Gasteiger partial charge < -0.3 is 4.74 Å². The second kappa shape index (κ2) is 7.40. The smallest absolute Gasteiger partial charge is 0.280 e. The number of benzene rings is 1. The summed E-state index contributed by atoms with van der Waals surface area (Å²) in [6.07, 6.45) is 4.15. The topological polar surface area (TPSA) is 63.6 Å². The molecule has 0 aliphatic heterocycles. The molecule has 0 unspecified atom stereocenters. The van der Waals surface area contributed by atoms with E-state index in [-0.39, 0.29) is 5.91 Å². The fourth-order valence-corrected chi connectivity index (χ4v) is 1.61. The Morgan fingerprint density at radius 2 is 2.14 bits per heavy atom. The van der Waals surface area contributed by atoms with Crippen molar-refractivity contribution in [2.24, 2.45) is 5.10 Å². The number of carbonyl (C=O) groups is 1. The lowest BCUT2D eigenvalue weighted by Crippen LogP contribution is -2.33. The minimum Gasteiger partial charge on any atom is -0.481 e. The van der Waals surface area contributed by atoms with Crippen molar-refractivity contribution in [1.29, 1.82) is 0 Å². The highest BCUT2D eigenvalue weighted by Crippen LogP contribution is 2.16. The summed E-state index contributed by atoms with van der Waals surface area (Å²) >= 11 is 5.78. The molecule has 2 aromatic rings. The van der Waals surface area contributed by atoms with Gasteiger partial charge in [-0.25, -0.2) is 5.43 Å². The van der Waals surface area contributed by atoms with E-state index in [1.807, 2.05) is 6.07 Å². The van der Waals surface area contributed by atoms with Crippen LogP contribution in [0, 0.1) is 0 Å². The zero-order valence-electron chi connectivity index (χ0n) is 11.4. The third-order valence-corrected chi connectivity index (χ3v) is 2.82. The summed E-state index contributed by atoms with van der Waals surface area (Å²) in [7, 11) is 0. The molecule has 1 heterocycles. The first kappa shape index (κ1) is 15.0. The van der Waals surface area contributed by atoms with Gasteiger partial charge in [0.15, 0.2) is 6.10 Å². The van der Waals surface area contributed by atoms with Gasteiger partial charge in [-0.1, -0.05) is 17.7 Å². The van der Waals surface area contributed by atoms with E-state index in [0.717, 1.165) is 5.56 Å². The van der Waals surface area contributed by atoms with Crippen LogP contribution in [0.3, 0.4) is 0 Å². The van der Waals surface area contributed by atoms with E-state index in [2.05, 4.69) is 15.5 Å².